The molecule has 0 radical (unpaired) electrons. The Morgan fingerprint density at radius 1 is 1.33 bits per heavy atom. The van der Waals surface area contributed by atoms with Crippen molar-refractivity contribution >= 4 is 5.97 Å². The van der Waals surface area contributed by atoms with E-state index in [-0.39, 0.29) is 18.7 Å². The second-order valence-electron chi connectivity index (χ2n) is 5.27. The van der Waals surface area contributed by atoms with Crippen LogP contribution < -0.4 is 4.74 Å². The molecule has 0 aromatic heterocycles. The van der Waals surface area contributed by atoms with Crippen LogP contribution in [0.25, 0.3) is 0 Å². The number of hydrogen-bond acceptors (Lipinski definition) is 5. The predicted octanol–water partition coefficient (Wildman–Crippen LogP) is 1.64. The van der Waals surface area contributed by atoms with Crippen LogP contribution in [-0.2, 0) is 14.3 Å². The number of carbonyl (C=O) groups excluding carboxylic acids is 1. The number of esters is 1. The normalized spacial score (nSPS) is 17.2. The minimum atomic E-state index is -0.334. The molecule has 1 aromatic rings. The summed E-state index contributed by atoms with van der Waals surface area (Å²) in [6, 6.07) is 7.61. The lowest BCUT2D eigenvalue weighted by Crippen LogP contribution is -2.41. The zero-order valence-corrected chi connectivity index (χ0v) is 12.7. The Bertz CT molecular complexity index is 457. The van der Waals surface area contributed by atoms with Gasteiger partial charge in [-0.1, -0.05) is 18.2 Å². The average molecular weight is 293 g/mol. The third-order valence-corrected chi connectivity index (χ3v) is 3.39. The highest BCUT2D eigenvalue weighted by Crippen LogP contribution is 2.16. The van der Waals surface area contributed by atoms with Crippen molar-refractivity contribution in [1.29, 1.82) is 0 Å². The summed E-state index contributed by atoms with van der Waals surface area (Å²) in [5.41, 5.74) is 1.01. The van der Waals surface area contributed by atoms with E-state index in [1.54, 1.807) is 0 Å². The van der Waals surface area contributed by atoms with Crippen molar-refractivity contribution in [3.05, 3.63) is 29.8 Å². The van der Waals surface area contributed by atoms with Crippen LogP contribution in [0.15, 0.2) is 24.3 Å². The van der Waals surface area contributed by atoms with Gasteiger partial charge in [-0.15, -0.1) is 0 Å². The maximum Gasteiger partial charge on any atom is 0.344 e. The standard InChI is InChI=1S/C16H23NO4/c1-13-5-3-4-6-15(13)20-12-16(18)21-14(2)11-17-7-9-19-10-8-17/h3-6,14H,7-12H2,1-2H3. The lowest BCUT2D eigenvalue weighted by Gasteiger charge is -2.28. The molecule has 1 saturated heterocycles. The number of benzene rings is 1. The molecule has 1 unspecified atom stereocenters. The van der Waals surface area contributed by atoms with Crippen molar-refractivity contribution in [2.75, 3.05) is 39.5 Å². The fourth-order valence-corrected chi connectivity index (χ4v) is 2.30. The maximum absolute atomic E-state index is 11.8. The van der Waals surface area contributed by atoms with Crippen LogP contribution in [0.2, 0.25) is 0 Å². The first-order valence-corrected chi connectivity index (χ1v) is 7.33. The van der Waals surface area contributed by atoms with Crippen LogP contribution in [0.1, 0.15) is 12.5 Å². The maximum atomic E-state index is 11.8. The van der Waals surface area contributed by atoms with Gasteiger partial charge in [0.05, 0.1) is 13.2 Å². The summed E-state index contributed by atoms with van der Waals surface area (Å²) < 4.78 is 16.1. The lowest BCUT2D eigenvalue weighted by atomic mass is 10.2. The van der Waals surface area contributed by atoms with E-state index < -0.39 is 0 Å². The van der Waals surface area contributed by atoms with E-state index in [1.807, 2.05) is 38.1 Å². The van der Waals surface area contributed by atoms with Gasteiger partial charge in [0.1, 0.15) is 11.9 Å². The number of morpholine rings is 1. The molecule has 1 fully saturated rings. The van der Waals surface area contributed by atoms with E-state index in [2.05, 4.69) is 4.90 Å². The van der Waals surface area contributed by atoms with Gasteiger partial charge in [0, 0.05) is 19.6 Å². The quantitative estimate of drug-likeness (QED) is 0.746. The number of rotatable bonds is 6. The molecule has 1 heterocycles. The second kappa shape index (κ2) is 8.00. The fraction of sp³-hybridized carbons (Fsp3) is 0.562. The number of carbonyl (C=O) groups is 1. The molecule has 1 aliphatic rings. The van der Waals surface area contributed by atoms with Crippen molar-refractivity contribution in [2.45, 2.75) is 20.0 Å². The Kier molecular flexibility index (Phi) is 6.02. The van der Waals surface area contributed by atoms with Gasteiger partial charge in [-0.05, 0) is 25.5 Å². The molecule has 0 bridgehead atoms. The molecule has 0 aliphatic carbocycles. The highest BCUT2D eigenvalue weighted by Gasteiger charge is 2.17. The molecule has 2 rings (SSSR count). The minimum Gasteiger partial charge on any atom is -0.482 e. The molecular formula is C16H23NO4. The first-order valence-electron chi connectivity index (χ1n) is 7.33. The number of ether oxygens (including phenoxy) is 3. The first kappa shape index (κ1) is 15.8. The Morgan fingerprint density at radius 2 is 2.05 bits per heavy atom. The summed E-state index contributed by atoms with van der Waals surface area (Å²) in [6.07, 6.45) is -0.143. The smallest absolute Gasteiger partial charge is 0.344 e. The molecule has 1 atom stereocenters. The molecule has 1 aliphatic heterocycles. The first-order chi connectivity index (χ1) is 10.1. The van der Waals surface area contributed by atoms with Gasteiger partial charge >= 0.3 is 5.97 Å². The van der Waals surface area contributed by atoms with Crippen molar-refractivity contribution in [2.24, 2.45) is 0 Å². The van der Waals surface area contributed by atoms with Gasteiger partial charge < -0.3 is 14.2 Å². The second-order valence-corrected chi connectivity index (χ2v) is 5.27. The number of nitrogens with zero attached hydrogens (tertiary/aromatic N) is 1. The Balaban J connectivity index is 1.70. The predicted molar refractivity (Wildman–Crippen MR) is 79.5 cm³/mol. The van der Waals surface area contributed by atoms with Crippen LogP contribution in [0, 0.1) is 6.92 Å². The van der Waals surface area contributed by atoms with E-state index in [9.17, 15) is 4.79 Å². The van der Waals surface area contributed by atoms with Crippen LogP contribution >= 0.6 is 0 Å². The summed E-state index contributed by atoms with van der Waals surface area (Å²) in [7, 11) is 0. The van der Waals surface area contributed by atoms with Crippen LogP contribution in [-0.4, -0.2) is 56.4 Å². The molecule has 0 saturated carbocycles. The van der Waals surface area contributed by atoms with Crippen molar-refractivity contribution in [1.82, 2.24) is 4.90 Å². The van der Waals surface area contributed by atoms with Gasteiger partial charge in [0.25, 0.3) is 0 Å². The molecule has 0 amide bonds. The zero-order valence-electron chi connectivity index (χ0n) is 12.7. The van der Waals surface area contributed by atoms with E-state index >= 15 is 0 Å². The van der Waals surface area contributed by atoms with Gasteiger partial charge in [0.2, 0.25) is 0 Å². The lowest BCUT2D eigenvalue weighted by molar-refractivity contribution is -0.151. The average Bonchev–Trinajstić information content (AvgIpc) is 2.47. The summed E-state index contributed by atoms with van der Waals surface area (Å²) >= 11 is 0. The molecular weight excluding hydrogens is 270 g/mol. The number of para-hydroxylation sites is 1. The summed E-state index contributed by atoms with van der Waals surface area (Å²) in [5.74, 6) is 0.384. The molecule has 1 aromatic carbocycles. The van der Waals surface area contributed by atoms with E-state index in [4.69, 9.17) is 14.2 Å². The molecule has 116 valence electrons. The molecule has 5 heteroatoms. The van der Waals surface area contributed by atoms with E-state index in [0.717, 1.165) is 44.2 Å². The summed E-state index contributed by atoms with van der Waals surface area (Å²) in [4.78, 5) is 14.0. The Morgan fingerprint density at radius 3 is 2.76 bits per heavy atom. The molecule has 0 spiro atoms. The molecule has 0 N–H and O–H groups in total. The molecule has 21 heavy (non-hydrogen) atoms. The fourth-order valence-electron chi connectivity index (χ4n) is 2.30. The Hall–Kier alpha value is -1.59. The number of aryl methyl sites for hydroxylation is 1. The minimum absolute atomic E-state index is 0.0572. The van der Waals surface area contributed by atoms with Gasteiger partial charge in [-0.2, -0.15) is 0 Å². The number of hydrogen-bond donors (Lipinski definition) is 0. The van der Waals surface area contributed by atoms with Crippen molar-refractivity contribution in [3.8, 4) is 5.75 Å². The van der Waals surface area contributed by atoms with Crippen molar-refractivity contribution in [3.63, 3.8) is 0 Å². The van der Waals surface area contributed by atoms with Gasteiger partial charge in [-0.3, -0.25) is 4.90 Å². The zero-order chi connectivity index (χ0) is 15.1. The third-order valence-electron chi connectivity index (χ3n) is 3.39. The third kappa shape index (κ3) is 5.36. The monoisotopic (exact) mass is 293 g/mol. The summed E-state index contributed by atoms with van der Waals surface area (Å²) in [5, 5.41) is 0. The van der Waals surface area contributed by atoms with Crippen LogP contribution in [0.4, 0.5) is 0 Å². The van der Waals surface area contributed by atoms with Crippen molar-refractivity contribution < 1.29 is 19.0 Å². The van der Waals surface area contributed by atoms with Gasteiger partial charge in [0.15, 0.2) is 6.61 Å². The SMILES string of the molecule is Cc1ccccc1OCC(=O)OC(C)CN1CCOCC1. The highest BCUT2D eigenvalue weighted by atomic mass is 16.6. The Labute approximate surface area is 125 Å². The molecule has 5 nitrogen and oxygen atoms in total. The van der Waals surface area contributed by atoms with E-state index in [1.165, 1.54) is 0 Å². The van der Waals surface area contributed by atoms with Gasteiger partial charge in [-0.25, -0.2) is 4.79 Å². The van der Waals surface area contributed by atoms with Crippen LogP contribution in [0.3, 0.4) is 0 Å². The van der Waals surface area contributed by atoms with E-state index in [0.29, 0.717) is 0 Å². The highest BCUT2D eigenvalue weighted by molar-refractivity contribution is 5.71. The summed E-state index contributed by atoms with van der Waals surface area (Å²) in [6.45, 7) is 7.80. The van der Waals surface area contributed by atoms with Crippen LogP contribution in [0.5, 0.6) is 5.75 Å². The topological polar surface area (TPSA) is 48.0 Å². The largest absolute Gasteiger partial charge is 0.482 e.